The summed E-state index contributed by atoms with van der Waals surface area (Å²) in [5.41, 5.74) is 0.557. The maximum Gasteiger partial charge on any atom is 0.343 e. The summed E-state index contributed by atoms with van der Waals surface area (Å²) in [7, 11) is 0. The van der Waals surface area contributed by atoms with Gasteiger partial charge < -0.3 is 19.7 Å². The van der Waals surface area contributed by atoms with E-state index in [9.17, 15) is 4.79 Å². The maximum absolute atomic E-state index is 11.6. The van der Waals surface area contributed by atoms with Crippen molar-refractivity contribution in [2.24, 2.45) is 0 Å². The summed E-state index contributed by atoms with van der Waals surface area (Å²) in [5, 5.41) is 16.2. The predicted octanol–water partition coefficient (Wildman–Crippen LogP) is 1.89. The molecule has 0 aromatic heterocycles. The second-order valence-corrected chi connectivity index (χ2v) is 4.13. The minimum Gasteiger partial charge on any atom is -0.423 e. The highest BCUT2D eigenvalue weighted by Gasteiger charge is 2.06. The smallest absolute Gasteiger partial charge is 0.343 e. The van der Waals surface area contributed by atoms with Gasteiger partial charge in [-0.05, 0) is 24.3 Å². The third-order valence-corrected chi connectivity index (χ3v) is 2.43. The predicted molar refractivity (Wildman–Crippen MR) is 82.8 cm³/mol. The van der Waals surface area contributed by atoms with Crippen LogP contribution in [0.3, 0.4) is 0 Å². The lowest BCUT2D eigenvalue weighted by Crippen LogP contribution is -2.07. The quantitative estimate of drug-likeness (QED) is 0.484. The Morgan fingerprint density at radius 1 is 0.818 bits per heavy atom. The normalized spacial score (nSPS) is 9.55. The highest BCUT2D eigenvalue weighted by molar-refractivity contribution is 5.90. The maximum atomic E-state index is 11.6. The highest BCUT2D eigenvalue weighted by Crippen LogP contribution is 2.11. The molecule has 2 rings (SSSR count). The van der Waals surface area contributed by atoms with E-state index in [1.807, 2.05) is 36.4 Å². The molecule has 0 saturated carbocycles. The first-order valence-corrected chi connectivity index (χ1v) is 6.89. The van der Waals surface area contributed by atoms with Crippen molar-refractivity contribution in [1.29, 1.82) is 0 Å². The fourth-order valence-corrected chi connectivity index (χ4v) is 1.46. The van der Waals surface area contributed by atoms with Crippen molar-refractivity contribution in [1.82, 2.24) is 0 Å². The van der Waals surface area contributed by atoms with E-state index in [0.29, 0.717) is 24.5 Å². The van der Waals surface area contributed by atoms with Crippen LogP contribution in [0.5, 0.6) is 5.75 Å². The molecule has 0 atom stereocenters. The lowest BCUT2D eigenvalue weighted by atomic mass is 10.2. The molecule has 0 saturated heterocycles. The Kier molecular flexibility index (Phi) is 9.28. The Morgan fingerprint density at radius 2 is 1.32 bits per heavy atom. The third kappa shape index (κ3) is 7.54. The fraction of sp³-hybridized carbons (Fsp3) is 0.235. The first kappa shape index (κ1) is 17.8. The number of benzene rings is 2. The first-order chi connectivity index (χ1) is 10.8. The monoisotopic (exact) mass is 304 g/mol. The number of esters is 1. The summed E-state index contributed by atoms with van der Waals surface area (Å²) in [5.74, 6) is 0.230. The molecule has 2 aromatic carbocycles. The van der Waals surface area contributed by atoms with Crippen LogP contribution in [0.15, 0.2) is 60.7 Å². The number of aliphatic hydroxyl groups is 2. The van der Waals surface area contributed by atoms with Crippen LogP contribution < -0.4 is 4.74 Å². The second-order valence-electron chi connectivity index (χ2n) is 4.13. The number of hydrogen-bond donors (Lipinski definition) is 2. The van der Waals surface area contributed by atoms with E-state index in [4.69, 9.17) is 14.9 Å². The molecule has 0 heterocycles. The van der Waals surface area contributed by atoms with Crippen molar-refractivity contribution in [2.45, 2.75) is 0 Å². The Balaban J connectivity index is 0.000000295. The molecule has 0 aliphatic heterocycles. The van der Waals surface area contributed by atoms with Gasteiger partial charge in [0.05, 0.1) is 32.0 Å². The van der Waals surface area contributed by atoms with Gasteiger partial charge in [0.15, 0.2) is 0 Å². The van der Waals surface area contributed by atoms with Gasteiger partial charge in [0, 0.05) is 0 Å². The molecular weight excluding hydrogens is 284 g/mol. The molecule has 118 valence electrons. The molecule has 2 aromatic rings. The van der Waals surface area contributed by atoms with Gasteiger partial charge in [-0.2, -0.15) is 0 Å². The average molecular weight is 304 g/mol. The standard InChI is InChI=1S/C13H10O2.C4H10O3/c14-13(11-7-3-1-4-8-11)15-12-9-5-2-6-10-12;5-1-3-7-4-2-6/h1-10H;5-6H,1-4H2. The van der Waals surface area contributed by atoms with Gasteiger partial charge in [0.2, 0.25) is 0 Å². The zero-order valence-electron chi connectivity index (χ0n) is 12.2. The lowest BCUT2D eigenvalue weighted by molar-refractivity contribution is 0.0650. The lowest BCUT2D eigenvalue weighted by Gasteiger charge is -2.02. The average Bonchev–Trinajstić information content (AvgIpc) is 2.58. The van der Waals surface area contributed by atoms with E-state index >= 15 is 0 Å². The molecular formula is C17H20O5. The van der Waals surface area contributed by atoms with Gasteiger partial charge in [0.1, 0.15) is 5.75 Å². The minimum atomic E-state index is -0.332. The van der Waals surface area contributed by atoms with Crippen molar-refractivity contribution in [3.63, 3.8) is 0 Å². The van der Waals surface area contributed by atoms with Gasteiger partial charge in [0.25, 0.3) is 0 Å². The Bertz CT molecular complexity index is 509. The summed E-state index contributed by atoms with van der Waals surface area (Å²) in [6, 6.07) is 18.0. The Morgan fingerprint density at radius 3 is 1.82 bits per heavy atom. The summed E-state index contributed by atoms with van der Waals surface area (Å²) in [4.78, 5) is 11.6. The van der Waals surface area contributed by atoms with Gasteiger partial charge in [-0.1, -0.05) is 36.4 Å². The number of para-hydroxylation sites is 1. The van der Waals surface area contributed by atoms with E-state index in [-0.39, 0.29) is 19.2 Å². The number of rotatable bonds is 6. The second kappa shape index (κ2) is 11.4. The van der Waals surface area contributed by atoms with Crippen LogP contribution in [-0.4, -0.2) is 42.6 Å². The van der Waals surface area contributed by atoms with Crippen molar-refractivity contribution < 1.29 is 24.5 Å². The molecule has 0 spiro atoms. The topological polar surface area (TPSA) is 76.0 Å². The van der Waals surface area contributed by atoms with Crippen LogP contribution in [0.2, 0.25) is 0 Å². The molecule has 0 bridgehead atoms. The van der Waals surface area contributed by atoms with E-state index in [1.165, 1.54) is 0 Å². The van der Waals surface area contributed by atoms with E-state index in [0.717, 1.165) is 0 Å². The molecule has 0 radical (unpaired) electrons. The first-order valence-electron chi connectivity index (χ1n) is 6.89. The highest BCUT2D eigenvalue weighted by atomic mass is 16.5. The summed E-state index contributed by atoms with van der Waals surface area (Å²) in [6.45, 7) is 0.696. The molecule has 22 heavy (non-hydrogen) atoms. The third-order valence-electron chi connectivity index (χ3n) is 2.43. The van der Waals surface area contributed by atoms with Crippen LogP contribution in [-0.2, 0) is 4.74 Å². The molecule has 0 aliphatic rings. The van der Waals surface area contributed by atoms with Crippen molar-refractivity contribution >= 4 is 5.97 Å². The van der Waals surface area contributed by atoms with E-state index in [2.05, 4.69) is 4.74 Å². The number of carbonyl (C=O) groups excluding carboxylic acids is 1. The largest absolute Gasteiger partial charge is 0.423 e. The van der Waals surface area contributed by atoms with E-state index < -0.39 is 0 Å². The van der Waals surface area contributed by atoms with Crippen LogP contribution in [0, 0.1) is 0 Å². The SMILES string of the molecule is O=C(Oc1ccccc1)c1ccccc1.OCCOCCO. The molecule has 0 amide bonds. The molecule has 0 fully saturated rings. The van der Waals surface area contributed by atoms with Crippen molar-refractivity contribution in [3.8, 4) is 5.75 Å². The van der Waals surface area contributed by atoms with Crippen LogP contribution >= 0.6 is 0 Å². The summed E-state index contributed by atoms with van der Waals surface area (Å²) < 4.78 is 9.79. The Labute approximate surface area is 129 Å². The van der Waals surface area contributed by atoms with Gasteiger partial charge >= 0.3 is 5.97 Å². The van der Waals surface area contributed by atoms with Gasteiger partial charge in [-0.3, -0.25) is 0 Å². The van der Waals surface area contributed by atoms with Crippen LogP contribution in [0.1, 0.15) is 10.4 Å². The zero-order valence-corrected chi connectivity index (χ0v) is 12.2. The summed E-state index contributed by atoms with van der Waals surface area (Å²) >= 11 is 0. The van der Waals surface area contributed by atoms with Crippen molar-refractivity contribution in [3.05, 3.63) is 66.2 Å². The van der Waals surface area contributed by atoms with Gasteiger partial charge in [-0.15, -0.1) is 0 Å². The molecule has 0 unspecified atom stereocenters. The van der Waals surface area contributed by atoms with E-state index in [1.54, 1.807) is 24.3 Å². The fourth-order valence-electron chi connectivity index (χ4n) is 1.46. The summed E-state index contributed by atoms with van der Waals surface area (Å²) in [6.07, 6.45) is 0. The number of ether oxygens (including phenoxy) is 2. The molecule has 2 N–H and O–H groups in total. The van der Waals surface area contributed by atoms with Crippen molar-refractivity contribution in [2.75, 3.05) is 26.4 Å². The number of aliphatic hydroxyl groups excluding tert-OH is 2. The van der Waals surface area contributed by atoms with Crippen LogP contribution in [0.4, 0.5) is 0 Å². The van der Waals surface area contributed by atoms with Gasteiger partial charge in [-0.25, -0.2) is 4.79 Å². The number of hydrogen-bond acceptors (Lipinski definition) is 5. The molecule has 0 aliphatic carbocycles. The minimum absolute atomic E-state index is 0.0278. The Hall–Kier alpha value is -2.21. The van der Waals surface area contributed by atoms with Crippen LogP contribution in [0.25, 0.3) is 0 Å². The zero-order chi connectivity index (χ0) is 16.0. The molecule has 5 heteroatoms. The molecule has 5 nitrogen and oxygen atoms in total. The number of carbonyl (C=O) groups is 1.